The quantitative estimate of drug-likeness (QED) is 0.339. The Balaban J connectivity index is 1.76. The molecule has 36 heavy (non-hydrogen) atoms. The van der Waals surface area contributed by atoms with E-state index < -0.39 is 0 Å². The minimum absolute atomic E-state index is 0.0118. The van der Waals surface area contributed by atoms with E-state index in [0.29, 0.717) is 6.54 Å². The maximum Gasteiger partial charge on any atom is 0.252 e. The number of aromatic amines is 1. The number of pyridine rings is 1. The fourth-order valence-corrected chi connectivity index (χ4v) is 4.96. The number of rotatable bonds is 9. The highest BCUT2D eigenvalue weighted by Gasteiger charge is 2.30. The normalized spacial score (nSPS) is 13.0. The number of hydrogen-bond acceptors (Lipinski definition) is 5. The van der Waals surface area contributed by atoms with E-state index >= 15 is 0 Å². The van der Waals surface area contributed by atoms with E-state index in [4.69, 9.17) is 0 Å². The van der Waals surface area contributed by atoms with Crippen LogP contribution >= 0.6 is 0 Å². The van der Waals surface area contributed by atoms with Gasteiger partial charge in [0.05, 0.1) is 17.1 Å². The molecule has 4 rings (SSSR count). The van der Waals surface area contributed by atoms with Gasteiger partial charge < -0.3 is 4.98 Å². The molecule has 0 radical (unpaired) electrons. The van der Waals surface area contributed by atoms with Crippen LogP contribution in [-0.2, 0) is 18.5 Å². The maximum absolute atomic E-state index is 13.2. The molecule has 0 spiro atoms. The number of nitrogens with zero attached hydrogens (tertiary/aromatic N) is 5. The molecule has 0 aliphatic heterocycles. The number of fused-ring (bicyclic) bond motifs is 1. The van der Waals surface area contributed by atoms with Crippen LogP contribution in [0.1, 0.15) is 74.7 Å². The first-order chi connectivity index (χ1) is 17.2. The number of tetrazole rings is 1. The van der Waals surface area contributed by atoms with Gasteiger partial charge in [-0.3, -0.25) is 9.69 Å². The Morgan fingerprint density at radius 3 is 2.53 bits per heavy atom. The van der Waals surface area contributed by atoms with Gasteiger partial charge in [-0.2, -0.15) is 0 Å². The molecule has 0 aliphatic rings. The topological polar surface area (TPSA) is 79.7 Å². The number of aryl methyl sites for hydroxylation is 2. The second kappa shape index (κ2) is 10.7. The summed E-state index contributed by atoms with van der Waals surface area (Å²) < 4.78 is 1.93. The molecule has 190 valence electrons. The van der Waals surface area contributed by atoms with Crippen molar-refractivity contribution in [2.24, 2.45) is 0 Å². The summed E-state index contributed by atoms with van der Waals surface area (Å²) >= 11 is 0. The highest BCUT2D eigenvalue weighted by molar-refractivity contribution is 5.82. The van der Waals surface area contributed by atoms with Crippen LogP contribution in [0, 0.1) is 13.8 Å². The van der Waals surface area contributed by atoms with E-state index in [1.54, 1.807) is 0 Å². The Bertz CT molecular complexity index is 1370. The van der Waals surface area contributed by atoms with E-state index in [-0.39, 0.29) is 17.1 Å². The molecule has 4 aromatic rings. The van der Waals surface area contributed by atoms with Crippen molar-refractivity contribution >= 4 is 10.9 Å². The molecular formula is C29H38N6O. The zero-order valence-corrected chi connectivity index (χ0v) is 22.4. The molecule has 2 heterocycles. The first-order valence-corrected chi connectivity index (χ1v) is 12.9. The van der Waals surface area contributed by atoms with E-state index in [0.717, 1.165) is 53.7 Å². The number of benzene rings is 2. The van der Waals surface area contributed by atoms with Gasteiger partial charge in [-0.1, -0.05) is 55.3 Å². The molecule has 1 atom stereocenters. The van der Waals surface area contributed by atoms with E-state index in [1.807, 2.05) is 17.7 Å². The number of H-pyrrole nitrogens is 1. The molecular weight excluding hydrogens is 448 g/mol. The van der Waals surface area contributed by atoms with Crippen LogP contribution in [0.5, 0.6) is 0 Å². The highest BCUT2D eigenvalue weighted by atomic mass is 16.1. The summed E-state index contributed by atoms with van der Waals surface area (Å²) in [5.41, 5.74) is 4.93. The average Bonchev–Trinajstić information content (AvgIpc) is 3.32. The zero-order chi connectivity index (χ0) is 25.9. The predicted molar refractivity (Wildman–Crippen MR) is 145 cm³/mol. The summed E-state index contributed by atoms with van der Waals surface area (Å²) in [5, 5.41) is 13.9. The molecule has 0 bridgehead atoms. The smallest absolute Gasteiger partial charge is 0.252 e. The Labute approximate surface area is 213 Å². The third-order valence-corrected chi connectivity index (χ3v) is 6.70. The van der Waals surface area contributed by atoms with Crippen molar-refractivity contribution < 1.29 is 0 Å². The number of nitrogens with one attached hydrogen (secondary N) is 1. The van der Waals surface area contributed by atoms with Crippen LogP contribution in [0.2, 0.25) is 0 Å². The first-order valence-electron chi connectivity index (χ1n) is 12.9. The van der Waals surface area contributed by atoms with Crippen molar-refractivity contribution in [3.63, 3.8) is 0 Å². The van der Waals surface area contributed by atoms with Gasteiger partial charge in [0, 0.05) is 18.7 Å². The maximum atomic E-state index is 13.2. The lowest BCUT2D eigenvalue weighted by atomic mass is 10.0. The largest absolute Gasteiger partial charge is 0.321 e. The summed E-state index contributed by atoms with van der Waals surface area (Å²) in [4.78, 5) is 18.8. The lowest BCUT2D eigenvalue weighted by molar-refractivity contribution is 0.158. The predicted octanol–water partition coefficient (Wildman–Crippen LogP) is 5.47. The van der Waals surface area contributed by atoms with Crippen molar-refractivity contribution in [2.45, 2.75) is 78.9 Å². The summed E-state index contributed by atoms with van der Waals surface area (Å²) in [6.45, 7) is 14.0. The molecule has 0 saturated carbocycles. The standard InChI is InChI=1S/C29H38N6O/c1-7-11-25(27-31-32-33-35(27)29(4,5)6)34(15-14-22-12-9-8-10-13-22)19-24-18-23-17-20(2)16-21(3)26(23)30-28(24)36/h8-10,12-13,16-18,25H,7,11,14-15,19H2,1-6H3,(H,30,36)/t25-/m1/s1. The molecule has 0 amide bonds. The molecule has 2 aromatic carbocycles. The SMILES string of the molecule is CCC[C@H](c1nnnn1C(C)(C)C)N(CCc1ccccc1)Cc1cc2cc(C)cc(C)c2[nH]c1=O. The highest BCUT2D eigenvalue weighted by Crippen LogP contribution is 2.29. The zero-order valence-electron chi connectivity index (χ0n) is 22.4. The van der Waals surface area contributed by atoms with Crippen LogP contribution in [0.25, 0.3) is 10.9 Å². The third kappa shape index (κ3) is 5.73. The minimum Gasteiger partial charge on any atom is -0.321 e. The van der Waals surface area contributed by atoms with Crippen LogP contribution in [0.4, 0.5) is 0 Å². The lowest BCUT2D eigenvalue weighted by Gasteiger charge is -2.33. The Hall–Kier alpha value is -3.32. The molecule has 0 fully saturated rings. The van der Waals surface area contributed by atoms with Crippen LogP contribution in [0.15, 0.2) is 53.3 Å². The Morgan fingerprint density at radius 2 is 1.83 bits per heavy atom. The van der Waals surface area contributed by atoms with Gasteiger partial charge in [-0.15, -0.1) is 5.10 Å². The van der Waals surface area contributed by atoms with Gasteiger partial charge in [0.1, 0.15) is 0 Å². The van der Waals surface area contributed by atoms with Gasteiger partial charge in [-0.05, 0) is 86.5 Å². The summed E-state index contributed by atoms with van der Waals surface area (Å²) in [6, 6.07) is 16.8. The molecule has 7 nitrogen and oxygen atoms in total. The summed E-state index contributed by atoms with van der Waals surface area (Å²) in [5.74, 6) is 0.848. The third-order valence-electron chi connectivity index (χ3n) is 6.70. The van der Waals surface area contributed by atoms with Gasteiger partial charge in [-0.25, -0.2) is 4.68 Å². The van der Waals surface area contributed by atoms with Crippen molar-refractivity contribution in [3.8, 4) is 0 Å². The molecule has 2 aromatic heterocycles. The second-order valence-electron chi connectivity index (χ2n) is 10.8. The summed E-state index contributed by atoms with van der Waals surface area (Å²) in [6.07, 6.45) is 2.76. The van der Waals surface area contributed by atoms with Crippen molar-refractivity contribution in [2.75, 3.05) is 6.54 Å². The van der Waals surface area contributed by atoms with Gasteiger partial charge in [0.15, 0.2) is 5.82 Å². The van der Waals surface area contributed by atoms with Crippen molar-refractivity contribution in [3.05, 3.63) is 87.0 Å². The fourth-order valence-electron chi connectivity index (χ4n) is 4.96. The van der Waals surface area contributed by atoms with Gasteiger partial charge in [0.25, 0.3) is 5.56 Å². The van der Waals surface area contributed by atoms with Crippen molar-refractivity contribution in [1.82, 2.24) is 30.1 Å². The first kappa shape index (κ1) is 25.8. The second-order valence-corrected chi connectivity index (χ2v) is 10.8. The molecule has 7 heteroatoms. The fraction of sp³-hybridized carbons (Fsp3) is 0.448. The Morgan fingerprint density at radius 1 is 1.08 bits per heavy atom. The average molecular weight is 487 g/mol. The lowest BCUT2D eigenvalue weighted by Crippen LogP contribution is -2.36. The van der Waals surface area contributed by atoms with Gasteiger partial charge in [0.2, 0.25) is 0 Å². The Kier molecular flexibility index (Phi) is 7.69. The molecule has 0 unspecified atom stereocenters. The molecule has 0 saturated heterocycles. The van der Waals surface area contributed by atoms with Gasteiger partial charge >= 0.3 is 0 Å². The van der Waals surface area contributed by atoms with Crippen LogP contribution < -0.4 is 5.56 Å². The molecule has 0 aliphatic carbocycles. The number of aromatic nitrogens is 5. The van der Waals surface area contributed by atoms with E-state index in [2.05, 4.69) is 102 Å². The van der Waals surface area contributed by atoms with Crippen LogP contribution in [0.3, 0.4) is 0 Å². The van der Waals surface area contributed by atoms with Crippen molar-refractivity contribution in [1.29, 1.82) is 0 Å². The molecule has 1 N–H and O–H groups in total. The number of hydrogen-bond donors (Lipinski definition) is 1. The minimum atomic E-state index is -0.245. The van der Waals surface area contributed by atoms with E-state index in [9.17, 15) is 4.79 Å². The van der Waals surface area contributed by atoms with E-state index in [1.165, 1.54) is 11.1 Å². The monoisotopic (exact) mass is 486 g/mol. The summed E-state index contributed by atoms with van der Waals surface area (Å²) in [7, 11) is 0. The van der Waals surface area contributed by atoms with Crippen LogP contribution in [-0.4, -0.2) is 36.6 Å².